The van der Waals surface area contributed by atoms with Gasteiger partial charge in [-0.15, -0.1) is 0 Å². The molecule has 0 saturated carbocycles. The molecule has 1 fully saturated rings. The van der Waals surface area contributed by atoms with Crippen LogP contribution in [0, 0.1) is 0 Å². The summed E-state index contributed by atoms with van der Waals surface area (Å²) in [4.78, 5) is 16.4. The number of fused-ring (bicyclic) bond motifs is 1. The molecule has 3 N–H and O–H groups in total. The minimum atomic E-state index is -0.562. The molecule has 5 heteroatoms. The number of aromatic nitrogens is 1. The number of piperazine rings is 1. The first-order valence-electron chi connectivity index (χ1n) is 7.03. The molecule has 2 heterocycles. The molecular weight excluding hydrogens is 252 g/mol. The van der Waals surface area contributed by atoms with Crippen molar-refractivity contribution in [2.75, 3.05) is 19.6 Å². The van der Waals surface area contributed by atoms with Crippen LogP contribution in [0.1, 0.15) is 12.1 Å². The van der Waals surface area contributed by atoms with Crippen LogP contribution in [-0.2, 0) is 6.42 Å². The fourth-order valence-corrected chi connectivity index (χ4v) is 2.88. The quantitative estimate of drug-likeness (QED) is 0.893. The second-order valence-electron chi connectivity index (χ2n) is 5.28. The minimum Gasteiger partial charge on any atom is -0.358 e. The molecule has 1 unspecified atom stereocenters. The van der Waals surface area contributed by atoms with Gasteiger partial charge >= 0.3 is 6.03 Å². The monoisotopic (exact) mass is 271 g/mol. The smallest absolute Gasteiger partial charge is 0.336 e. The van der Waals surface area contributed by atoms with Crippen LogP contribution >= 0.6 is 0 Å². The lowest BCUT2D eigenvalue weighted by Crippen LogP contribution is -2.53. The minimum absolute atomic E-state index is 0.125. The fraction of sp³-hybridized carbons (Fsp3) is 0.400. The maximum Gasteiger partial charge on any atom is 0.336 e. The summed E-state index contributed by atoms with van der Waals surface area (Å²) in [5, 5.41) is 4.52. The highest BCUT2D eigenvalue weighted by Crippen LogP contribution is 2.17. The molecule has 1 aromatic carbocycles. The van der Waals surface area contributed by atoms with E-state index in [4.69, 9.17) is 5.73 Å². The summed E-state index contributed by atoms with van der Waals surface area (Å²) < 4.78 is 0. The fourth-order valence-electron chi connectivity index (χ4n) is 2.88. The third kappa shape index (κ3) is 2.63. The average molecular weight is 271 g/mol. The summed E-state index contributed by atoms with van der Waals surface area (Å²) >= 11 is 0. The van der Waals surface area contributed by atoms with E-state index in [0.717, 1.165) is 31.4 Å². The van der Waals surface area contributed by atoms with Crippen molar-refractivity contribution < 1.29 is 4.79 Å². The number of hydrogen-bond donors (Lipinski definition) is 2. The lowest BCUT2D eigenvalue weighted by Gasteiger charge is -2.34. The van der Waals surface area contributed by atoms with Crippen LogP contribution in [0.4, 0.5) is 4.79 Å². The molecule has 105 valence electrons. The van der Waals surface area contributed by atoms with Gasteiger partial charge in [-0.25, -0.2) is 10.5 Å². The van der Waals surface area contributed by atoms with Crippen LogP contribution in [0.15, 0.2) is 30.3 Å². The van der Waals surface area contributed by atoms with Crippen LogP contribution in [0.3, 0.4) is 0 Å². The first-order chi connectivity index (χ1) is 9.74. The van der Waals surface area contributed by atoms with Gasteiger partial charge < -0.3 is 15.2 Å². The van der Waals surface area contributed by atoms with Gasteiger partial charge in [-0.1, -0.05) is 18.2 Å². The molecule has 2 amide bonds. The highest BCUT2D eigenvalue weighted by atomic mass is 16.2. The molecule has 1 radical (unpaired) electrons. The predicted octanol–water partition coefficient (Wildman–Crippen LogP) is 1.78. The molecular formula is C15H19N4O. The van der Waals surface area contributed by atoms with Crippen molar-refractivity contribution in [3.05, 3.63) is 36.0 Å². The molecule has 20 heavy (non-hydrogen) atoms. The summed E-state index contributed by atoms with van der Waals surface area (Å²) in [5.41, 5.74) is 9.66. The molecule has 0 spiro atoms. The van der Waals surface area contributed by atoms with Crippen molar-refractivity contribution in [2.24, 2.45) is 0 Å². The Hall–Kier alpha value is -2.01. The predicted molar refractivity (Wildman–Crippen MR) is 78.5 cm³/mol. The normalized spacial score (nSPS) is 19.4. The summed E-state index contributed by atoms with van der Waals surface area (Å²) in [6.07, 6.45) is 1.77. The van der Waals surface area contributed by atoms with Crippen molar-refractivity contribution in [1.82, 2.24) is 20.9 Å². The van der Waals surface area contributed by atoms with E-state index < -0.39 is 6.03 Å². The SMILES string of the molecule is [NH]C(=O)N1CCNCC1CCc1cc2ccccc2[nH]1. The van der Waals surface area contributed by atoms with Gasteiger partial charge in [0.05, 0.1) is 0 Å². The first kappa shape index (κ1) is 13.0. The standard InChI is InChI=1S/C15H19N4O/c16-15(20)19-8-7-17-10-13(19)6-5-12-9-11-3-1-2-4-14(11)18-12/h1-4,9,13,16-18H,5-8,10H2. The van der Waals surface area contributed by atoms with Gasteiger partial charge in [0.25, 0.3) is 0 Å². The number of hydrogen-bond acceptors (Lipinski definition) is 2. The molecule has 1 aliphatic heterocycles. The van der Waals surface area contributed by atoms with E-state index in [0.29, 0.717) is 6.54 Å². The van der Waals surface area contributed by atoms with E-state index in [9.17, 15) is 4.79 Å². The molecule has 5 nitrogen and oxygen atoms in total. The van der Waals surface area contributed by atoms with Crippen molar-refractivity contribution in [2.45, 2.75) is 18.9 Å². The third-order valence-corrected chi connectivity index (χ3v) is 3.94. The molecule has 1 aliphatic rings. The van der Waals surface area contributed by atoms with Gasteiger partial charge in [0.1, 0.15) is 0 Å². The summed E-state index contributed by atoms with van der Waals surface area (Å²) in [6.45, 7) is 2.21. The lowest BCUT2D eigenvalue weighted by atomic mass is 10.1. The zero-order chi connectivity index (χ0) is 13.9. The van der Waals surface area contributed by atoms with E-state index in [2.05, 4.69) is 28.5 Å². The second-order valence-corrected chi connectivity index (χ2v) is 5.28. The van der Waals surface area contributed by atoms with Crippen LogP contribution in [0.2, 0.25) is 0 Å². The maximum absolute atomic E-state index is 11.3. The highest BCUT2D eigenvalue weighted by Gasteiger charge is 2.24. The van der Waals surface area contributed by atoms with Gasteiger partial charge in [0.2, 0.25) is 0 Å². The van der Waals surface area contributed by atoms with Gasteiger partial charge in [-0.2, -0.15) is 0 Å². The number of amides is 2. The second kappa shape index (κ2) is 5.54. The number of rotatable bonds is 3. The largest absolute Gasteiger partial charge is 0.358 e. The van der Waals surface area contributed by atoms with Gasteiger partial charge in [0.15, 0.2) is 0 Å². The molecule has 1 atom stereocenters. The molecule has 1 aromatic heterocycles. The lowest BCUT2D eigenvalue weighted by molar-refractivity contribution is 0.161. The Bertz CT molecular complexity index is 574. The topological polar surface area (TPSA) is 71.9 Å². The van der Waals surface area contributed by atoms with Gasteiger partial charge in [-0.05, 0) is 30.4 Å². The third-order valence-electron chi connectivity index (χ3n) is 3.94. The summed E-state index contributed by atoms with van der Waals surface area (Å²) in [6, 6.07) is 9.95. The average Bonchev–Trinajstić information content (AvgIpc) is 2.88. The highest BCUT2D eigenvalue weighted by molar-refractivity contribution is 5.80. The molecule has 0 aliphatic carbocycles. The van der Waals surface area contributed by atoms with E-state index in [-0.39, 0.29) is 6.04 Å². The number of carbonyl (C=O) groups is 1. The van der Waals surface area contributed by atoms with E-state index in [1.54, 1.807) is 4.90 Å². The van der Waals surface area contributed by atoms with E-state index in [1.165, 1.54) is 11.1 Å². The zero-order valence-corrected chi connectivity index (χ0v) is 11.4. The number of aryl methyl sites for hydroxylation is 1. The van der Waals surface area contributed by atoms with E-state index in [1.807, 2.05) is 12.1 Å². The molecule has 1 saturated heterocycles. The van der Waals surface area contributed by atoms with Crippen LogP contribution < -0.4 is 11.1 Å². The van der Waals surface area contributed by atoms with Crippen LogP contribution in [0.25, 0.3) is 10.9 Å². The Balaban J connectivity index is 1.67. The maximum atomic E-state index is 11.3. The summed E-state index contributed by atoms with van der Waals surface area (Å²) in [7, 11) is 0. The Kier molecular flexibility index (Phi) is 3.60. The number of H-pyrrole nitrogens is 1. The Morgan fingerprint density at radius 3 is 3.05 bits per heavy atom. The number of nitrogens with zero attached hydrogens (tertiary/aromatic N) is 1. The number of para-hydroxylation sites is 1. The summed E-state index contributed by atoms with van der Waals surface area (Å²) in [5.74, 6) is 0. The number of nitrogens with one attached hydrogen (secondary N) is 3. The number of carbonyl (C=O) groups excluding carboxylic acids is 1. The van der Waals surface area contributed by atoms with Crippen LogP contribution in [0.5, 0.6) is 0 Å². The molecule has 2 aromatic rings. The Morgan fingerprint density at radius 1 is 1.40 bits per heavy atom. The van der Waals surface area contributed by atoms with Crippen molar-refractivity contribution in [1.29, 1.82) is 0 Å². The van der Waals surface area contributed by atoms with Crippen molar-refractivity contribution in [3.63, 3.8) is 0 Å². The first-order valence-corrected chi connectivity index (χ1v) is 7.03. The Labute approximate surface area is 118 Å². The van der Waals surface area contributed by atoms with Crippen molar-refractivity contribution >= 4 is 16.9 Å². The molecule has 3 rings (SSSR count). The number of urea groups is 1. The van der Waals surface area contributed by atoms with Crippen molar-refractivity contribution in [3.8, 4) is 0 Å². The number of benzene rings is 1. The number of aromatic amines is 1. The van der Waals surface area contributed by atoms with Gasteiger partial charge in [-0.3, -0.25) is 0 Å². The van der Waals surface area contributed by atoms with Gasteiger partial charge in [0, 0.05) is 36.9 Å². The van der Waals surface area contributed by atoms with E-state index >= 15 is 0 Å². The van der Waals surface area contributed by atoms with Crippen LogP contribution in [-0.4, -0.2) is 41.6 Å². The molecule has 0 bridgehead atoms. The Morgan fingerprint density at radius 2 is 2.25 bits per heavy atom. The zero-order valence-electron chi connectivity index (χ0n) is 11.4.